The lowest BCUT2D eigenvalue weighted by Gasteiger charge is -2.19. The maximum Gasteiger partial charge on any atom is 0.220 e. The number of carbonyl (C=O) groups excluding carboxylic acids is 1. The molecule has 0 rings (SSSR count). The highest BCUT2D eigenvalue weighted by molar-refractivity contribution is 5.76. The van der Waals surface area contributed by atoms with Crippen LogP contribution in [0, 0.1) is 0 Å². The first-order valence-electron chi connectivity index (χ1n) is 23.2. The molecule has 4 heteroatoms. The van der Waals surface area contributed by atoms with Gasteiger partial charge in [0.15, 0.2) is 0 Å². The number of allylic oxidation sites excluding steroid dienone is 25. The van der Waals surface area contributed by atoms with Crippen LogP contribution in [0.5, 0.6) is 0 Å². The summed E-state index contributed by atoms with van der Waals surface area (Å²) in [6, 6.07) is -0.658. The molecule has 0 fully saturated rings. The van der Waals surface area contributed by atoms with E-state index >= 15 is 0 Å². The number of rotatable bonds is 39. The molecule has 4 nitrogen and oxygen atoms in total. The maximum absolute atomic E-state index is 12.3. The number of carbonyl (C=O) groups is 1. The fraction of sp³-hybridized carbons (Fsp3) is 0.509. The van der Waals surface area contributed by atoms with Crippen molar-refractivity contribution in [2.24, 2.45) is 0 Å². The minimum atomic E-state index is -0.879. The van der Waals surface area contributed by atoms with Gasteiger partial charge < -0.3 is 15.5 Å². The van der Waals surface area contributed by atoms with Gasteiger partial charge in [-0.1, -0.05) is 204 Å². The van der Waals surface area contributed by atoms with Crippen molar-refractivity contribution < 1.29 is 15.0 Å². The van der Waals surface area contributed by atoms with Crippen molar-refractivity contribution >= 4 is 5.91 Å². The Morgan fingerprint density at radius 2 is 0.763 bits per heavy atom. The standard InChI is InChI=1S/C55H85NO3/c1-3-5-7-9-11-13-14-15-16-17-18-19-20-21-22-23-24-25-26-27-28-29-30-31-32-33-34-35-36-37-38-39-40-41-42-43-45-47-49-51-55(59)56-53(52-57)54(58)50-48-46-44-12-10-8-6-4-2/h5,7,10-13,15-16,18-19,21-22,24-25,27-28,30-31,33-34,36-37,39-40,48,50,53-54,57-58H,3-4,6,8-9,14,17,20,23,26,29,32,35,38,41-47,49,51-52H2,1-2H3,(H,56,59)/b7-5-,12-10+,13-11-,16-15-,19-18-,22-21-,25-24-,28-27-,31-30-,34-33-,37-36-,40-39-,50-48+. The molecule has 0 aromatic rings. The lowest BCUT2D eigenvalue weighted by molar-refractivity contribution is -0.123. The summed E-state index contributed by atoms with van der Waals surface area (Å²) in [4.78, 5) is 12.3. The molecular formula is C55H85NO3. The summed E-state index contributed by atoms with van der Waals surface area (Å²) in [6.45, 7) is 4.07. The molecule has 0 radical (unpaired) electrons. The Kier molecular flexibility index (Phi) is 45.1. The normalized spacial score (nSPS) is 14.4. The number of aliphatic hydroxyl groups excluding tert-OH is 2. The van der Waals surface area contributed by atoms with E-state index in [4.69, 9.17) is 0 Å². The van der Waals surface area contributed by atoms with E-state index in [1.807, 2.05) is 6.08 Å². The summed E-state index contributed by atoms with van der Waals surface area (Å²) in [5.74, 6) is -0.106. The van der Waals surface area contributed by atoms with E-state index in [-0.39, 0.29) is 12.5 Å². The second kappa shape index (κ2) is 48.4. The van der Waals surface area contributed by atoms with E-state index in [1.54, 1.807) is 6.08 Å². The van der Waals surface area contributed by atoms with Crippen molar-refractivity contribution in [1.29, 1.82) is 0 Å². The van der Waals surface area contributed by atoms with Gasteiger partial charge in [0.05, 0.1) is 18.8 Å². The Morgan fingerprint density at radius 1 is 0.424 bits per heavy atom. The van der Waals surface area contributed by atoms with Crippen LogP contribution in [-0.4, -0.2) is 34.9 Å². The number of hydrogen-bond acceptors (Lipinski definition) is 3. The predicted octanol–water partition coefficient (Wildman–Crippen LogP) is 15.1. The lowest BCUT2D eigenvalue weighted by Crippen LogP contribution is -2.45. The summed E-state index contributed by atoms with van der Waals surface area (Å²) >= 11 is 0. The van der Waals surface area contributed by atoms with Crippen LogP contribution in [0.15, 0.2) is 158 Å². The molecule has 59 heavy (non-hydrogen) atoms. The van der Waals surface area contributed by atoms with Gasteiger partial charge in [0.25, 0.3) is 0 Å². The highest BCUT2D eigenvalue weighted by Gasteiger charge is 2.17. The zero-order valence-corrected chi connectivity index (χ0v) is 37.4. The molecule has 0 saturated carbocycles. The Balaban J connectivity index is 3.72. The van der Waals surface area contributed by atoms with E-state index in [0.29, 0.717) is 6.42 Å². The highest BCUT2D eigenvalue weighted by atomic mass is 16.3. The van der Waals surface area contributed by atoms with Crippen LogP contribution >= 0.6 is 0 Å². The van der Waals surface area contributed by atoms with Gasteiger partial charge in [-0.2, -0.15) is 0 Å². The number of amides is 1. The smallest absolute Gasteiger partial charge is 0.220 e. The molecule has 0 aromatic heterocycles. The Labute approximate surface area is 363 Å². The molecule has 328 valence electrons. The zero-order valence-electron chi connectivity index (χ0n) is 37.4. The first kappa shape index (κ1) is 55.0. The third kappa shape index (κ3) is 45.0. The van der Waals surface area contributed by atoms with Gasteiger partial charge >= 0.3 is 0 Å². The molecule has 0 aliphatic heterocycles. The second-order valence-corrected chi connectivity index (χ2v) is 14.7. The predicted molar refractivity (Wildman–Crippen MR) is 261 cm³/mol. The van der Waals surface area contributed by atoms with Crippen molar-refractivity contribution in [2.75, 3.05) is 6.61 Å². The summed E-state index contributed by atoms with van der Waals surface area (Å²) in [5.41, 5.74) is 0. The number of hydrogen-bond donors (Lipinski definition) is 3. The van der Waals surface area contributed by atoms with Crippen LogP contribution in [0.2, 0.25) is 0 Å². The van der Waals surface area contributed by atoms with Crippen LogP contribution < -0.4 is 5.32 Å². The van der Waals surface area contributed by atoms with Gasteiger partial charge in [0.2, 0.25) is 5.91 Å². The van der Waals surface area contributed by atoms with Crippen LogP contribution in [0.4, 0.5) is 0 Å². The fourth-order valence-corrected chi connectivity index (χ4v) is 5.71. The van der Waals surface area contributed by atoms with Crippen molar-refractivity contribution in [1.82, 2.24) is 5.32 Å². The average Bonchev–Trinajstić information content (AvgIpc) is 3.24. The molecule has 0 aromatic carbocycles. The number of unbranched alkanes of at least 4 members (excludes halogenated alkanes) is 8. The third-order valence-electron chi connectivity index (χ3n) is 9.24. The van der Waals surface area contributed by atoms with Gasteiger partial charge in [-0.15, -0.1) is 0 Å². The summed E-state index contributed by atoms with van der Waals surface area (Å²) in [6.07, 6.45) is 79.5. The van der Waals surface area contributed by atoms with Gasteiger partial charge in [0, 0.05) is 6.42 Å². The van der Waals surface area contributed by atoms with E-state index < -0.39 is 12.1 Å². The number of aliphatic hydroxyl groups is 2. The maximum atomic E-state index is 12.3. The summed E-state index contributed by atoms with van der Waals surface area (Å²) in [7, 11) is 0. The molecule has 0 spiro atoms. The van der Waals surface area contributed by atoms with E-state index in [9.17, 15) is 15.0 Å². The topological polar surface area (TPSA) is 69.6 Å². The average molecular weight is 808 g/mol. The van der Waals surface area contributed by atoms with Gasteiger partial charge in [-0.25, -0.2) is 0 Å². The lowest BCUT2D eigenvalue weighted by atomic mass is 10.1. The quantitative estimate of drug-likeness (QED) is 0.0428. The van der Waals surface area contributed by atoms with Crippen LogP contribution in [0.3, 0.4) is 0 Å². The highest BCUT2D eigenvalue weighted by Crippen LogP contribution is 2.09. The first-order valence-corrected chi connectivity index (χ1v) is 23.2. The minimum Gasteiger partial charge on any atom is -0.394 e. The molecule has 1 amide bonds. The molecule has 2 atom stereocenters. The van der Waals surface area contributed by atoms with Gasteiger partial charge in [-0.3, -0.25) is 4.79 Å². The third-order valence-corrected chi connectivity index (χ3v) is 9.24. The van der Waals surface area contributed by atoms with Crippen LogP contribution in [0.1, 0.15) is 162 Å². The van der Waals surface area contributed by atoms with E-state index in [1.165, 1.54) is 19.3 Å². The first-order chi connectivity index (χ1) is 29.2. The van der Waals surface area contributed by atoms with Crippen molar-refractivity contribution in [3.63, 3.8) is 0 Å². The molecule has 0 saturated heterocycles. The molecule has 2 unspecified atom stereocenters. The molecular weight excluding hydrogens is 723 g/mol. The van der Waals surface area contributed by atoms with Crippen LogP contribution in [0.25, 0.3) is 0 Å². The van der Waals surface area contributed by atoms with Crippen molar-refractivity contribution in [3.8, 4) is 0 Å². The van der Waals surface area contributed by atoms with Gasteiger partial charge in [-0.05, 0) is 109 Å². The molecule has 0 bridgehead atoms. The van der Waals surface area contributed by atoms with Gasteiger partial charge in [0.1, 0.15) is 0 Å². The molecule has 0 heterocycles. The fourth-order valence-electron chi connectivity index (χ4n) is 5.71. The largest absolute Gasteiger partial charge is 0.394 e. The summed E-state index contributed by atoms with van der Waals surface area (Å²) in [5, 5.41) is 22.8. The van der Waals surface area contributed by atoms with Crippen LogP contribution in [-0.2, 0) is 4.79 Å². The minimum absolute atomic E-state index is 0.106. The SMILES string of the molecule is CC/C=C\C/C=C\C/C=C\C/C=C\C/C=C\C/C=C\C/C=C\C/C=C\C/C=C\C/C=C\C/C=C\CCCCCCCC(=O)NC(CO)C(O)/C=C/CC/C=C/CCCC. The second-order valence-electron chi connectivity index (χ2n) is 14.7. The molecule has 0 aliphatic rings. The van der Waals surface area contributed by atoms with Crippen molar-refractivity contribution in [3.05, 3.63) is 158 Å². The van der Waals surface area contributed by atoms with E-state index in [2.05, 4.69) is 165 Å². The zero-order chi connectivity index (χ0) is 42.8. The Morgan fingerprint density at radius 3 is 1.19 bits per heavy atom. The number of nitrogens with one attached hydrogen (secondary N) is 1. The van der Waals surface area contributed by atoms with Crippen molar-refractivity contribution in [2.45, 2.75) is 174 Å². The molecule has 0 aliphatic carbocycles. The summed E-state index contributed by atoms with van der Waals surface area (Å²) < 4.78 is 0. The van der Waals surface area contributed by atoms with E-state index in [0.717, 1.165) is 122 Å². The monoisotopic (exact) mass is 808 g/mol. The Bertz CT molecular complexity index is 1330. The Hall–Kier alpha value is -3.99. The molecule has 3 N–H and O–H groups in total.